The van der Waals surface area contributed by atoms with E-state index in [1.165, 1.54) is 0 Å². The Balaban J connectivity index is 1.35. The number of aliphatic imine (C=N–C) groups is 1. The first-order valence-electron chi connectivity index (χ1n) is 11.5. The number of carbonyl (C=O) groups is 1. The van der Waals surface area contributed by atoms with Gasteiger partial charge in [0.05, 0.1) is 19.3 Å². The van der Waals surface area contributed by atoms with Gasteiger partial charge in [0.25, 0.3) is 0 Å². The highest BCUT2D eigenvalue weighted by atomic mass is 16.6. The molecule has 0 aliphatic carbocycles. The van der Waals surface area contributed by atoms with Crippen LogP contribution in [-0.4, -0.2) is 108 Å². The summed E-state index contributed by atoms with van der Waals surface area (Å²) in [6, 6.07) is 0. The van der Waals surface area contributed by atoms with Crippen molar-refractivity contribution in [3.8, 4) is 0 Å². The molecule has 0 bridgehead atoms. The van der Waals surface area contributed by atoms with E-state index in [1.54, 1.807) is 9.58 Å². The molecule has 1 amide bonds. The van der Waals surface area contributed by atoms with Gasteiger partial charge in [0, 0.05) is 65.1 Å². The number of piperazine rings is 1. The van der Waals surface area contributed by atoms with Gasteiger partial charge >= 0.3 is 6.09 Å². The van der Waals surface area contributed by atoms with E-state index in [-0.39, 0.29) is 12.2 Å². The van der Waals surface area contributed by atoms with E-state index in [0.29, 0.717) is 19.7 Å². The first-order chi connectivity index (χ1) is 15.2. The predicted octanol–water partition coefficient (Wildman–Crippen LogP) is 1.31. The van der Waals surface area contributed by atoms with Crippen molar-refractivity contribution in [3.05, 3.63) is 18.0 Å². The number of nitrogens with one attached hydrogen (secondary N) is 1. The molecular formula is C22H39N7O3. The molecule has 1 atom stereocenters. The highest BCUT2D eigenvalue weighted by molar-refractivity contribution is 5.80. The summed E-state index contributed by atoms with van der Waals surface area (Å²) >= 11 is 0. The van der Waals surface area contributed by atoms with E-state index in [2.05, 4.69) is 25.2 Å². The number of amides is 1. The number of rotatable bonds is 5. The van der Waals surface area contributed by atoms with E-state index >= 15 is 0 Å². The van der Waals surface area contributed by atoms with Crippen LogP contribution in [0.15, 0.2) is 17.4 Å². The van der Waals surface area contributed by atoms with Gasteiger partial charge < -0.3 is 24.6 Å². The monoisotopic (exact) mass is 449 g/mol. The Kier molecular flexibility index (Phi) is 8.36. The van der Waals surface area contributed by atoms with Crippen molar-refractivity contribution >= 4 is 12.1 Å². The molecule has 1 aromatic rings. The molecular weight excluding hydrogens is 410 g/mol. The van der Waals surface area contributed by atoms with Gasteiger partial charge in [-0.3, -0.25) is 14.6 Å². The maximum Gasteiger partial charge on any atom is 0.410 e. The summed E-state index contributed by atoms with van der Waals surface area (Å²) in [6.45, 7) is 13.0. The lowest BCUT2D eigenvalue weighted by Crippen LogP contribution is -2.51. The lowest BCUT2D eigenvalue weighted by atomic mass is 10.1. The fourth-order valence-corrected chi connectivity index (χ4v) is 3.97. The maximum atomic E-state index is 12.2. The van der Waals surface area contributed by atoms with Crippen molar-refractivity contribution < 1.29 is 14.3 Å². The molecule has 1 N–H and O–H groups in total. The van der Waals surface area contributed by atoms with Crippen molar-refractivity contribution in [3.63, 3.8) is 0 Å². The fourth-order valence-electron chi connectivity index (χ4n) is 3.97. The third kappa shape index (κ3) is 7.09. The highest BCUT2D eigenvalue weighted by Gasteiger charge is 2.26. The first-order valence-corrected chi connectivity index (χ1v) is 11.5. The van der Waals surface area contributed by atoms with Crippen LogP contribution in [0.25, 0.3) is 0 Å². The van der Waals surface area contributed by atoms with Crippen LogP contribution in [0.2, 0.25) is 0 Å². The van der Waals surface area contributed by atoms with Crippen LogP contribution >= 0.6 is 0 Å². The SMILES string of the molecule is CN=C(NCCCN1CCN(C(=O)OC(C)(C)C)CC1)N1CCOC(c2cnn(C)c2)C1. The Morgan fingerprint density at radius 1 is 1.25 bits per heavy atom. The van der Waals surface area contributed by atoms with E-state index in [4.69, 9.17) is 9.47 Å². The van der Waals surface area contributed by atoms with Crippen LogP contribution in [0.1, 0.15) is 38.9 Å². The molecule has 180 valence electrons. The van der Waals surface area contributed by atoms with E-state index in [1.807, 2.05) is 47.3 Å². The zero-order valence-electron chi connectivity index (χ0n) is 20.2. The van der Waals surface area contributed by atoms with Gasteiger partial charge in [-0.15, -0.1) is 0 Å². The second kappa shape index (κ2) is 11.0. The summed E-state index contributed by atoms with van der Waals surface area (Å²) in [7, 11) is 3.74. The van der Waals surface area contributed by atoms with E-state index < -0.39 is 5.60 Å². The highest BCUT2D eigenvalue weighted by Crippen LogP contribution is 2.21. The Hall–Kier alpha value is -2.33. The largest absolute Gasteiger partial charge is 0.444 e. The van der Waals surface area contributed by atoms with Crippen LogP contribution in [0.5, 0.6) is 0 Å². The first kappa shape index (κ1) is 24.3. The molecule has 0 spiro atoms. The standard InChI is InChI=1S/C22H39N7O3/c1-22(2,3)32-21(30)28-11-9-27(10-12-28)8-6-7-24-20(23-4)29-13-14-31-19(17-29)18-15-25-26(5)16-18/h15-16,19H,6-14,17H2,1-5H3,(H,23,24). The van der Waals surface area contributed by atoms with Crippen molar-refractivity contribution in [1.29, 1.82) is 0 Å². The normalized spacial score (nSPS) is 21.0. The van der Waals surface area contributed by atoms with Crippen LogP contribution < -0.4 is 5.32 Å². The van der Waals surface area contributed by atoms with Gasteiger partial charge in [0.2, 0.25) is 0 Å². The van der Waals surface area contributed by atoms with Crippen LogP contribution in [0.4, 0.5) is 4.79 Å². The summed E-state index contributed by atoms with van der Waals surface area (Å²) in [4.78, 5) is 23.1. The van der Waals surface area contributed by atoms with Gasteiger partial charge in [-0.2, -0.15) is 5.10 Å². The third-order valence-corrected chi connectivity index (χ3v) is 5.63. The second-order valence-electron chi connectivity index (χ2n) is 9.39. The molecule has 32 heavy (non-hydrogen) atoms. The Morgan fingerprint density at radius 2 is 2.00 bits per heavy atom. The smallest absolute Gasteiger partial charge is 0.410 e. The molecule has 2 saturated heterocycles. The van der Waals surface area contributed by atoms with Crippen LogP contribution in [0.3, 0.4) is 0 Å². The number of carbonyl (C=O) groups excluding carboxylic acids is 1. The minimum absolute atomic E-state index is 0.0114. The van der Waals surface area contributed by atoms with Crippen LogP contribution in [-0.2, 0) is 16.5 Å². The molecule has 0 radical (unpaired) electrons. The van der Waals surface area contributed by atoms with Crippen molar-refractivity contribution in [2.45, 2.75) is 38.9 Å². The number of hydrogen-bond donors (Lipinski definition) is 1. The lowest BCUT2D eigenvalue weighted by Gasteiger charge is -2.36. The molecule has 0 saturated carbocycles. The summed E-state index contributed by atoms with van der Waals surface area (Å²) in [6.07, 6.45) is 4.69. The Labute approximate surface area is 191 Å². The number of morpholine rings is 1. The molecule has 1 unspecified atom stereocenters. The zero-order valence-corrected chi connectivity index (χ0v) is 20.2. The molecule has 10 nitrogen and oxygen atoms in total. The van der Waals surface area contributed by atoms with Gasteiger partial charge in [-0.1, -0.05) is 0 Å². The minimum Gasteiger partial charge on any atom is -0.444 e. The number of aryl methyl sites for hydroxylation is 1. The molecule has 10 heteroatoms. The van der Waals surface area contributed by atoms with E-state index in [9.17, 15) is 4.79 Å². The van der Waals surface area contributed by atoms with Crippen molar-refractivity contribution in [1.82, 2.24) is 29.8 Å². The molecule has 1 aromatic heterocycles. The van der Waals surface area contributed by atoms with Gasteiger partial charge in [0.15, 0.2) is 5.96 Å². The number of aromatic nitrogens is 2. The summed E-state index contributed by atoms with van der Waals surface area (Å²) in [5, 5.41) is 7.75. The summed E-state index contributed by atoms with van der Waals surface area (Å²) in [5.74, 6) is 0.914. The zero-order chi connectivity index (χ0) is 23.1. The summed E-state index contributed by atoms with van der Waals surface area (Å²) in [5.41, 5.74) is 0.648. The van der Waals surface area contributed by atoms with Gasteiger partial charge in [-0.05, 0) is 33.7 Å². The van der Waals surface area contributed by atoms with Gasteiger partial charge in [0.1, 0.15) is 11.7 Å². The minimum atomic E-state index is -0.448. The number of guanidine groups is 1. The van der Waals surface area contributed by atoms with E-state index in [0.717, 1.165) is 57.2 Å². The van der Waals surface area contributed by atoms with Gasteiger partial charge in [-0.25, -0.2) is 4.79 Å². The number of nitrogens with zero attached hydrogens (tertiary/aromatic N) is 6. The quantitative estimate of drug-likeness (QED) is 0.412. The molecule has 2 aliphatic heterocycles. The predicted molar refractivity (Wildman–Crippen MR) is 124 cm³/mol. The van der Waals surface area contributed by atoms with Crippen LogP contribution in [0, 0.1) is 0 Å². The topological polar surface area (TPSA) is 87.5 Å². The van der Waals surface area contributed by atoms with Crippen molar-refractivity contribution in [2.24, 2.45) is 12.0 Å². The molecule has 2 aliphatic rings. The average molecular weight is 450 g/mol. The number of hydrogen-bond acceptors (Lipinski definition) is 6. The average Bonchev–Trinajstić information content (AvgIpc) is 3.19. The second-order valence-corrected chi connectivity index (χ2v) is 9.39. The summed E-state index contributed by atoms with van der Waals surface area (Å²) < 4.78 is 13.2. The maximum absolute atomic E-state index is 12.2. The lowest BCUT2D eigenvalue weighted by molar-refractivity contribution is -0.00803. The Morgan fingerprint density at radius 3 is 2.62 bits per heavy atom. The number of ether oxygens (including phenoxy) is 2. The Bertz CT molecular complexity index is 766. The fraction of sp³-hybridized carbons (Fsp3) is 0.773. The molecule has 0 aromatic carbocycles. The van der Waals surface area contributed by atoms with Crippen molar-refractivity contribution in [2.75, 3.05) is 66.0 Å². The third-order valence-electron chi connectivity index (χ3n) is 5.63. The molecule has 2 fully saturated rings. The molecule has 3 heterocycles. The molecule has 3 rings (SSSR count).